The van der Waals surface area contributed by atoms with E-state index < -0.39 is 21.8 Å². The van der Waals surface area contributed by atoms with Gasteiger partial charge in [0, 0.05) is 43.6 Å². The van der Waals surface area contributed by atoms with E-state index in [2.05, 4.69) is 20.0 Å². The molecular formula is C25H34F3N5O2S. The van der Waals surface area contributed by atoms with Gasteiger partial charge in [0.25, 0.3) is 5.92 Å². The van der Waals surface area contributed by atoms with Crippen molar-refractivity contribution in [2.24, 2.45) is 5.41 Å². The lowest BCUT2D eigenvalue weighted by atomic mass is 9.74. The predicted octanol–water partition coefficient (Wildman–Crippen LogP) is 4.81. The van der Waals surface area contributed by atoms with Crippen molar-refractivity contribution < 1.29 is 21.6 Å². The number of hydrogen-bond acceptors (Lipinski definition) is 6. The van der Waals surface area contributed by atoms with Crippen molar-refractivity contribution in [3.8, 4) is 0 Å². The van der Waals surface area contributed by atoms with Crippen LogP contribution >= 0.6 is 0 Å². The van der Waals surface area contributed by atoms with Gasteiger partial charge in [0.05, 0.1) is 6.26 Å². The van der Waals surface area contributed by atoms with E-state index in [4.69, 9.17) is 0 Å². The molecule has 0 aliphatic heterocycles. The molecule has 1 heterocycles. The first kappa shape index (κ1) is 26.7. The van der Waals surface area contributed by atoms with Gasteiger partial charge in [-0.15, -0.1) is 0 Å². The highest BCUT2D eigenvalue weighted by Crippen LogP contribution is 2.38. The molecule has 2 aromatic rings. The van der Waals surface area contributed by atoms with Crippen molar-refractivity contribution in [2.75, 3.05) is 29.6 Å². The zero-order valence-corrected chi connectivity index (χ0v) is 21.6. The molecule has 0 radical (unpaired) electrons. The predicted molar refractivity (Wildman–Crippen MR) is 134 cm³/mol. The number of hydrogen-bond donors (Lipinski definition) is 2. The summed E-state index contributed by atoms with van der Waals surface area (Å²) in [5, 5.41) is 3.13. The first-order valence-electron chi connectivity index (χ1n) is 12.4. The molecule has 0 bridgehead atoms. The normalized spacial score (nSPS) is 18.1. The van der Waals surface area contributed by atoms with Crippen molar-refractivity contribution in [1.29, 1.82) is 0 Å². The zero-order valence-electron chi connectivity index (χ0n) is 20.7. The number of anilines is 2. The maximum absolute atomic E-state index is 15.6. The second-order valence-corrected chi connectivity index (χ2v) is 12.1. The molecule has 7 nitrogen and oxygen atoms in total. The summed E-state index contributed by atoms with van der Waals surface area (Å²) >= 11 is 0. The lowest BCUT2D eigenvalue weighted by Crippen LogP contribution is -2.43. The molecule has 2 aliphatic rings. The van der Waals surface area contributed by atoms with Crippen LogP contribution in [0.25, 0.3) is 0 Å². The summed E-state index contributed by atoms with van der Waals surface area (Å²) < 4.78 is 68.8. The fourth-order valence-electron chi connectivity index (χ4n) is 4.82. The number of benzene rings is 1. The summed E-state index contributed by atoms with van der Waals surface area (Å²) in [5.41, 5.74) is 0.402. The van der Waals surface area contributed by atoms with Crippen LogP contribution in [0.4, 0.5) is 24.8 Å². The first-order chi connectivity index (χ1) is 17.0. The molecule has 2 saturated carbocycles. The molecule has 2 aliphatic carbocycles. The van der Waals surface area contributed by atoms with Crippen LogP contribution in [0.5, 0.6) is 0 Å². The van der Waals surface area contributed by atoms with Gasteiger partial charge in [-0.3, -0.25) is 0 Å². The van der Waals surface area contributed by atoms with Gasteiger partial charge in [0.15, 0.2) is 11.6 Å². The second-order valence-electron chi connectivity index (χ2n) is 10.3. The molecule has 0 saturated heterocycles. The number of halogens is 3. The second kappa shape index (κ2) is 10.5. The summed E-state index contributed by atoms with van der Waals surface area (Å²) in [5.74, 6) is -3.23. The van der Waals surface area contributed by atoms with Crippen LogP contribution in [-0.2, 0) is 22.5 Å². The number of rotatable bonds is 11. The van der Waals surface area contributed by atoms with Gasteiger partial charge in [-0.25, -0.2) is 31.9 Å². The fourth-order valence-corrected chi connectivity index (χ4v) is 5.39. The molecule has 2 fully saturated rings. The highest BCUT2D eigenvalue weighted by atomic mass is 32.2. The summed E-state index contributed by atoms with van der Waals surface area (Å²) in [6.45, 7) is 1.88. The molecule has 198 valence electrons. The lowest BCUT2D eigenvalue weighted by Gasteiger charge is -2.37. The molecule has 1 aromatic heterocycles. The number of sulfonamides is 1. The van der Waals surface area contributed by atoms with E-state index in [1.807, 2.05) is 4.90 Å². The van der Waals surface area contributed by atoms with Crippen LogP contribution in [0.2, 0.25) is 0 Å². The van der Waals surface area contributed by atoms with Gasteiger partial charge in [-0.05, 0) is 31.2 Å². The van der Waals surface area contributed by atoms with Crippen LogP contribution in [0.1, 0.15) is 63.0 Å². The van der Waals surface area contributed by atoms with Crippen molar-refractivity contribution >= 4 is 21.7 Å². The third-order valence-corrected chi connectivity index (χ3v) is 7.77. The summed E-state index contributed by atoms with van der Waals surface area (Å²) in [6.07, 6.45) is 9.01. The largest absolute Gasteiger partial charge is 0.367 e. The Morgan fingerprint density at radius 1 is 1.08 bits per heavy atom. The molecule has 4 rings (SSSR count). The molecule has 0 spiro atoms. The van der Waals surface area contributed by atoms with E-state index in [9.17, 15) is 17.2 Å². The fraction of sp³-hybridized carbons (Fsp3) is 0.600. The Balaban J connectivity index is 1.50. The first-order valence-corrected chi connectivity index (χ1v) is 14.3. The average molecular weight is 526 g/mol. The van der Waals surface area contributed by atoms with E-state index in [0.717, 1.165) is 63.7 Å². The Kier molecular flexibility index (Phi) is 7.80. The Morgan fingerprint density at radius 3 is 2.33 bits per heavy atom. The molecule has 11 heteroatoms. The number of aromatic nitrogens is 2. The van der Waals surface area contributed by atoms with E-state index in [1.54, 1.807) is 12.1 Å². The van der Waals surface area contributed by atoms with E-state index in [-0.39, 0.29) is 28.7 Å². The van der Waals surface area contributed by atoms with Crippen molar-refractivity contribution in [3.63, 3.8) is 0 Å². The Labute approximate surface area is 211 Å². The minimum absolute atomic E-state index is 0.0640. The minimum Gasteiger partial charge on any atom is -0.367 e. The highest BCUT2D eigenvalue weighted by Gasteiger charge is 2.35. The molecular weight excluding hydrogens is 491 g/mol. The van der Waals surface area contributed by atoms with Gasteiger partial charge >= 0.3 is 0 Å². The lowest BCUT2D eigenvalue weighted by molar-refractivity contribution is 0.0174. The maximum Gasteiger partial charge on any atom is 0.270 e. The standard InChI is InChI=1S/C25H34F3N5O2S/c1-24(27,28)19-8-6-18(7-9-19)14-33(20-10-11-20)23-21(26)22(30-17-31-23)29-15-25(12-4-3-5-13-25)16-32-36(2,34)35/h6-9,17,20,32H,3-5,10-16H2,1-2H3,(H,29,30,31). The monoisotopic (exact) mass is 525 g/mol. The number of nitrogens with one attached hydrogen (secondary N) is 2. The van der Waals surface area contributed by atoms with E-state index in [0.29, 0.717) is 19.6 Å². The van der Waals surface area contributed by atoms with Crippen molar-refractivity contribution in [2.45, 2.75) is 70.4 Å². The highest BCUT2D eigenvalue weighted by molar-refractivity contribution is 7.88. The molecule has 0 atom stereocenters. The SMILES string of the molecule is CC(F)(F)c1ccc(CN(c2ncnc(NCC3(CNS(C)(=O)=O)CCCCC3)c2F)C2CC2)cc1. The zero-order chi connectivity index (χ0) is 26.0. The summed E-state index contributed by atoms with van der Waals surface area (Å²) in [4.78, 5) is 10.2. The molecule has 2 N–H and O–H groups in total. The summed E-state index contributed by atoms with van der Waals surface area (Å²) in [7, 11) is -3.34. The van der Waals surface area contributed by atoms with Crippen molar-refractivity contribution in [1.82, 2.24) is 14.7 Å². The Hall–Kier alpha value is -2.40. The smallest absolute Gasteiger partial charge is 0.270 e. The number of alkyl halides is 2. The van der Waals surface area contributed by atoms with E-state index >= 15 is 4.39 Å². The average Bonchev–Trinajstić information content (AvgIpc) is 3.66. The van der Waals surface area contributed by atoms with Crippen LogP contribution in [0.15, 0.2) is 30.6 Å². The minimum atomic E-state index is -3.34. The third kappa shape index (κ3) is 6.88. The number of nitrogens with zero attached hydrogens (tertiary/aromatic N) is 3. The Bertz CT molecular complexity index is 1150. The topological polar surface area (TPSA) is 87.2 Å². The van der Waals surface area contributed by atoms with Gasteiger partial charge in [-0.2, -0.15) is 4.39 Å². The molecule has 0 amide bonds. The van der Waals surface area contributed by atoms with Gasteiger partial charge in [-0.1, -0.05) is 43.5 Å². The van der Waals surface area contributed by atoms with Gasteiger partial charge in [0.2, 0.25) is 15.8 Å². The van der Waals surface area contributed by atoms with Crippen LogP contribution in [-0.4, -0.2) is 43.8 Å². The summed E-state index contributed by atoms with van der Waals surface area (Å²) in [6, 6.07) is 6.21. The van der Waals surface area contributed by atoms with Gasteiger partial charge < -0.3 is 10.2 Å². The molecule has 1 aromatic carbocycles. The van der Waals surface area contributed by atoms with Crippen molar-refractivity contribution in [3.05, 3.63) is 47.5 Å². The van der Waals surface area contributed by atoms with Gasteiger partial charge in [0.1, 0.15) is 6.33 Å². The Morgan fingerprint density at radius 2 is 1.75 bits per heavy atom. The van der Waals surface area contributed by atoms with Crippen LogP contribution in [0, 0.1) is 11.2 Å². The maximum atomic E-state index is 15.6. The molecule has 0 unspecified atom stereocenters. The van der Waals surface area contributed by atoms with E-state index in [1.165, 1.54) is 18.5 Å². The van der Waals surface area contributed by atoms with Crippen LogP contribution < -0.4 is 14.9 Å². The molecule has 36 heavy (non-hydrogen) atoms. The van der Waals surface area contributed by atoms with Crippen LogP contribution in [0.3, 0.4) is 0 Å². The third-order valence-electron chi connectivity index (χ3n) is 7.10. The quantitative estimate of drug-likeness (QED) is 0.438.